The summed E-state index contributed by atoms with van der Waals surface area (Å²) in [6.45, 7) is 6.49. The van der Waals surface area contributed by atoms with Crippen LogP contribution in [0.15, 0.2) is 0 Å². The number of carbonyl (C=O) groups is 2. The summed E-state index contributed by atoms with van der Waals surface area (Å²) in [5.74, 6) is -1.70. The maximum atomic E-state index is 12.1. The predicted molar refractivity (Wildman–Crippen MR) is 61.3 cm³/mol. The third-order valence-corrected chi connectivity index (χ3v) is 1.97. The van der Waals surface area contributed by atoms with E-state index in [0.29, 0.717) is 0 Å². The van der Waals surface area contributed by atoms with Crippen LogP contribution < -0.4 is 0 Å². The van der Waals surface area contributed by atoms with Gasteiger partial charge in [0.15, 0.2) is 6.10 Å². The van der Waals surface area contributed by atoms with Crippen LogP contribution in [0.3, 0.4) is 0 Å². The summed E-state index contributed by atoms with van der Waals surface area (Å²) in [5.41, 5.74) is -0.207. The number of carbonyl (C=O) groups excluding carboxylic acids is 2. The van der Waals surface area contributed by atoms with Crippen molar-refractivity contribution in [1.29, 1.82) is 0 Å². The summed E-state index contributed by atoms with van der Waals surface area (Å²) in [6, 6.07) is 0. The number of ether oxygens (including phenoxy) is 2. The van der Waals surface area contributed by atoms with Crippen LogP contribution in [0, 0.1) is 5.41 Å². The molecular formula is C12H19F3O4. The molecule has 0 radical (unpaired) electrons. The topological polar surface area (TPSA) is 52.6 Å². The molecular weight excluding hydrogens is 265 g/mol. The molecule has 0 aliphatic rings. The molecule has 0 N–H and O–H groups in total. The highest BCUT2D eigenvalue weighted by Gasteiger charge is 2.39. The third-order valence-electron chi connectivity index (χ3n) is 1.97. The lowest BCUT2D eigenvalue weighted by atomic mass is 9.99. The second kappa shape index (κ2) is 6.77. The van der Waals surface area contributed by atoms with Crippen LogP contribution in [0.5, 0.6) is 0 Å². The van der Waals surface area contributed by atoms with Crippen molar-refractivity contribution in [3.05, 3.63) is 0 Å². The van der Waals surface area contributed by atoms with Crippen molar-refractivity contribution in [3.63, 3.8) is 0 Å². The average Bonchev–Trinajstić information content (AvgIpc) is 2.21. The van der Waals surface area contributed by atoms with Crippen molar-refractivity contribution < 1.29 is 32.2 Å². The van der Waals surface area contributed by atoms with Gasteiger partial charge in [-0.25, -0.2) is 0 Å². The van der Waals surface area contributed by atoms with E-state index in [-0.39, 0.29) is 18.4 Å². The van der Waals surface area contributed by atoms with Crippen molar-refractivity contribution in [1.82, 2.24) is 0 Å². The Bertz CT molecular complexity index is 318. The molecule has 7 heteroatoms. The zero-order valence-corrected chi connectivity index (χ0v) is 11.5. The molecule has 0 rings (SSSR count). The van der Waals surface area contributed by atoms with Crippen LogP contribution in [0.2, 0.25) is 0 Å². The number of esters is 2. The van der Waals surface area contributed by atoms with Crippen LogP contribution in [0.4, 0.5) is 13.2 Å². The van der Waals surface area contributed by atoms with E-state index >= 15 is 0 Å². The molecule has 1 unspecified atom stereocenters. The summed E-state index contributed by atoms with van der Waals surface area (Å²) < 4.78 is 45.3. The lowest BCUT2D eigenvalue weighted by Gasteiger charge is -2.18. The second-order valence-corrected chi connectivity index (χ2v) is 5.40. The van der Waals surface area contributed by atoms with Crippen molar-refractivity contribution in [2.24, 2.45) is 5.41 Å². The molecule has 1 atom stereocenters. The Balaban J connectivity index is 3.95. The van der Waals surface area contributed by atoms with Crippen molar-refractivity contribution in [2.45, 2.75) is 52.8 Å². The Morgan fingerprint density at radius 1 is 1.05 bits per heavy atom. The smallest absolute Gasteiger partial charge is 0.425 e. The Morgan fingerprint density at radius 3 is 1.95 bits per heavy atom. The molecule has 19 heavy (non-hydrogen) atoms. The van der Waals surface area contributed by atoms with Gasteiger partial charge in [-0.05, 0) is 12.3 Å². The molecule has 0 saturated heterocycles. The van der Waals surface area contributed by atoms with Gasteiger partial charge >= 0.3 is 18.1 Å². The van der Waals surface area contributed by atoms with Crippen LogP contribution in [-0.4, -0.2) is 30.8 Å². The molecule has 0 bridgehead atoms. The van der Waals surface area contributed by atoms with Gasteiger partial charge in [0.05, 0.1) is 19.4 Å². The minimum atomic E-state index is -4.59. The minimum absolute atomic E-state index is 0.180. The molecule has 0 aromatic carbocycles. The van der Waals surface area contributed by atoms with Gasteiger partial charge in [0, 0.05) is 0 Å². The number of alkyl halides is 3. The maximum absolute atomic E-state index is 12.1. The number of rotatable bonds is 5. The van der Waals surface area contributed by atoms with Gasteiger partial charge in [0.25, 0.3) is 0 Å². The summed E-state index contributed by atoms with van der Waals surface area (Å²) in [5, 5.41) is 0. The minimum Gasteiger partial charge on any atom is -0.465 e. The van der Waals surface area contributed by atoms with Gasteiger partial charge in [0.2, 0.25) is 0 Å². The summed E-state index contributed by atoms with van der Waals surface area (Å²) in [4.78, 5) is 22.3. The fraction of sp³-hybridized carbons (Fsp3) is 0.833. The molecule has 0 aliphatic heterocycles. The van der Waals surface area contributed by atoms with Crippen LogP contribution in [0.1, 0.15) is 40.5 Å². The Hall–Kier alpha value is -1.27. The summed E-state index contributed by atoms with van der Waals surface area (Å²) >= 11 is 0. The standard InChI is InChI=1S/C12H19F3O4/c1-8(12(13,14)15)19-10(17)6-5-9(16)18-7-11(2,3)4/h8H,5-7H2,1-4H3. The van der Waals surface area contributed by atoms with Crippen molar-refractivity contribution in [2.75, 3.05) is 6.61 Å². The van der Waals surface area contributed by atoms with E-state index in [2.05, 4.69) is 4.74 Å². The van der Waals surface area contributed by atoms with E-state index in [9.17, 15) is 22.8 Å². The van der Waals surface area contributed by atoms with Gasteiger partial charge < -0.3 is 9.47 Å². The van der Waals surface area contributed by atoms with Gasteiger partial charge in [-0.3, -0.25) is 9.59 Å². The van der Waals surface area contributed by atoms with E-state index in [4.69, 9.17) is 4.74 Å². The first-order chi connectivity index (χ1) is 8.42. The third kappa shape index (κ3) is 9.32. The zero-order chi connectivity index (χ0) is 15.3. The average molecular weight is 284 g/mol. The molecule has 0 aromatic rings. The molecule has 0 aromatic heterocycles. The van der Waals surface area contributed by atoms with Gasteiger partial charge in [0.1, 0.15) is 0 Å². The highest BCUT2D eigenvalue weighted by Crippen LogP contribution is 2.22. The van der Waals surface area contributed by atoms with Crippen LogP contribution >= 0.6 is 0 Å². The first-order valence-corrected chi connectivity index (χ1v) is 5.83. The van der Waals surface area contributed by atoms with Crippen LogP contribution in [0.25, 0.3) is 0 Å². The maximum Gasteiger partial charge on any atom is 0.425 e. The monoisotopic (exact) mass is 284 g/mol. The van der Waals surface area contributed by atoms with Gasteiger partial charge in [-0.1, -0.05) is 20.8 Å². The molecule has 0 spiro atoms. The van der Waals surface area contributed by atoms with Crippen molar-refractivity contribution >= 4 is 11.9 Å². The largest absolute Gasteiger partial charge is 0.465 e. The molecule has 4 nitrogen and oxygen atoms in total. The van der Waals surface area contributed by atoms with Crippen LogP contribution in [-0.2, 0) is 19.1 Å². The second-order valence-electron chi connectivity index (χ2n) is 5.40. The van der Waals surface area contributed by atoms with Crippen molar-refractivity contribution in [3.8, 4) is 0 Å². The van der Waals surface area contributed by atoms with E-state index in [1.54, 1.807) is 0 Å². The normalized spacial score (nSPS) is 13.8. The van der Waals surface area contributed by atoms with E-state index in [1.807, 2.05) is 20.8 Å². The van der Waals surface area contributed by atoms with E-state index in [1.165, 1.54) is 0 Å². The lowest BCUT2D eigenvalue weighted by Crippen LogP contribution is -2.31. The molecule has 0 amide bonds. The first kappa shape index (κ1) is 17.7. The highest BCUT2D eigenvalue weighted by atomic mass is 19.4. The summed E-state index contributed by atoms with van der Waals surface area (Å²) in [7, 11) is 0. The van der Waals surface area contributed by atoms with E-state index in [0.717, 1.165) is 6.92 Å². The lowest BCUT2D eigenvalue weighted by molar-refractivity contribution is -0.216. The molecule has 0 aliphatic carbocycles. The SMILES string of the molecule is CC(OC(=O)CCC(=O)OCC(C)(C)C)C(F)(F)F. The highest BCUT2D eigenvalue weighted by molar-refractivity contribution is 5.77. The van der Waals surface area contributed by atoms with E-state index < -0.39 is 30.6 Å². The van der Waals surface area contributed by atoms with Gasteiger partial charge in [-0.15, -0.1) is 0 Å². The quantitative estimate of drug-likeness (QED) is 0.728. The number of hydrogen-bond acceptors (Lipinski definition) is 4. The van der Waals surface area contributed by atoms with Gasteiger partial charge in [-0.2, -0.15) is 13.2 Å². The first-order valence-electron chi connectivity index (χ1n) is 5.83. The molecule has 0 heterocycles. The zero-order valence-electron chi connectivity index (χ0n) is 11.5. The predicted octanol–water partition coefficient (Wildman–Crippen LogP) is 2.85. The number of halogens is 3. The fourth-order valence-electron chi connectivity index (χ4n) is 0.896. The molecule has 112 valence electrons. The fourth-order valence-corrected chi connectivity index (χ4v) is 0.896. The molecule has 0 saturated carbocycles. The number of hydrogen-bond donors (Lipinski definition) is 0. The Kier molecular flexibility index (Phi) is 6.32. The Morgan fingerprint density at radius 2 is 1.53 bits per heavy atom. The molecule has 0 fully saturated rings. The Labute approximate surface area is 110 Å². The summed E-state index contributed by atoms with van der Waals surface area (Å²) in [6.07, 6.45) is -7.49.